The second-order valence-electron chi connectivity index (χ2n) is 7.18. The molecule has 5 N–H and O–H groups in total. The van der Waals surface area contributed by atoms with Crippen molar-refractivity contribution in [2.45, 2.75) is 6.54 Å². The Morgan fingerprint density at radius 2 is 1.94 bits per heavy atom. The van der Waals surface area contributed by atoms with Crippen LogP contribution in [-0.4, -0.2) is 37.5 Å². The summed E-state index contributed by atoms with van der Waals surface area (Å²) in [4.78, 5) is 18.0. The molecule has 9 heteroatoms. The molecule has 2 amide bonds. The SMILES string of the molecule is NC(=O)N(CCn1cc2c(n1)c(N)nc1cc(-c3ccn[nH]3)ccc12)c1ccccc1. The Labute approximate surface area is 177 Å². The number of primary amides is 1. The van der Waals surface area contributed by atoms with Crippen molar-refractivity contribution in [1.29, 1.82) is 0 Å². The van der Waals surface area contributed by atoms with E-state index in [9.17, 15) is 4.79 Å². The van der Waals surface area contributed by atoms with Gasteiger partial charge in [0.15, 0.2) is 5.82 Å². The minimum absolute atomic E-state index is 0.359. The number of carbonyl (C=O) groups is 1. The molecule has 0 saturated heterocycles. The molecule has 0 bridgehead atoms. The van der Waals surface area contributed by atoms with Gasteiger partial charge in [0.2, 0.25) is 0 Å². The fourth-order valence-corrected chi connectivity index (χ4v) is 3.72. The number of nitrogens with zero attached hydrogens (tertiary/aromatic N) is 5. The van der Waals surface area contributed by atoms with Crippen molar-refractivity contribution in [2.75, 3.05) is 17.2 Å². The Hall–Kier alpha value is -4.40. The molecule has 0 unspecified atom stereocenters. The van der Waals surface area contributed by atoms with E-state index in [1.807, 2.05) is 60.8 Å². The van der Waals surface area contributed by atoms with Crippen molar-refractivity contribution in [3.05, 3.63) is 67.0 Å². The molecule has 5 aromatic rings. The van der Waals surface area contributed by atoms with Crippen LogP contribution in [0, 0.1) is 0 Å². The van der Waals surface area contributed by atoms with Crippen molar-refractivity contribution >= 4 is 39.3 Å². The molecular weight excluding hydrogens is 392 g/mol. The first-order chi connectivity index (χ1) is 15.1. The minimum Gasteiger partial charge on any atom is -0.382 e. The third-order valence-electron chi connectivity index (χ3n) is 5.23. The lowest BCUT2D eigenvalue weighted by Gasteiger charge is -2.20. The highest BCUT2D eigenvalue weighted by Crippen LogP contribution is 2.30. The zero-order valence-electron chi connectivity index (χ0n) is 16.6. The maximum Gasteiger partial charge on any atom is 0.319 e. The van der Waals surface area contributed by atoms with Gasteiger partial charge >= 0.3 is 6.03 Å². The summed E-state index contributed by atoms with van der Waals surface area (Å²) in [5, 5.41) is 13.4. The lowest BCUT2D eigenvalue weighted by molar-refractivity contribution is 0.253. The molecule has 9 nitrogen and oxygen atoms in total. The van der Waals surface area contributed by atoms with Crippen LogP contribution in [0.15, 0.2) is 67.0 Å². The number of fused-ring (bicyclic) bond motifs is 3. The van der Waals surface area contributed by atoms with Crippen LogP contribution in [0.5, 0.6) is 0 Å². The van der Waals surface area contributed by atoms with E-state index in [2.05, 4.69) is 20.3 Å². The van der Waals surface area contributed by atoms with Crippen molar-refractivity contribution in [2.24, 2.45) is 5.73 Å². The maximum atomic E-state index is 11.9. The first-order valence-corrected chi connectivity index (χ1v) is 9.78. The molecule has 0 saturated carbocycles. The molecule has 0 radical (unpaired) electrons. The van der Waals surface area contributed by atoms with E-state index in [0.29, 0.717) is 24.4 Å². The number of H-pyrrole nitrogens is 1. The van der Waals surface area contributed by atoms with Gasteiger partial charge in [-0.2, -0.15) is 10.2 Å². The van der Waals surface area contributed by atoms with E-state index >= 15 is 0 Å². The van der Waals surface area contributed by atoms with Crippen molar-refractivity contribution < 1.29 is 4.79 Å². The van der Waals surface area contributed by atoms with Gasteiger partial charge in [0.25, 0.3) is 0 Å². The number of para-hydroxylation sites is 1. The van der Waals surface area contributed by atoms with Crippen LogP contribution in [0.3, 0.4) is 0 Å². The number of urea groups is 1. The number of nitrogens with two attached hydrogens (primary N) is 2. The topological polar surface area (TPSA) is 132 Å². The summed E-state index contributed by atoms with van der Waals surface area (Å²) in [6, 6.07) is 16.7. The lowest BCUT2D eigenvalue weighted by Crippen LogP contribution is -2.38. The fourth-order valence-electron chi connectivity index (χ4n) is 3.72. The van der Waals surface area contributed by atoms with E-state index in [1.165, 1.54) is 4.90 Å². The number of aromatic nitrogens is 5. The number of amides is 2. The summed E-state index contributed by atoms with van der Waals surface area (Å²) >= 11 is 0. The van der Waals surface area contributed by atoms with Crippen LogP contribution in [0.4, 0.5) is 16.3 Å². The van der Waals surface area contributed by atoms with E-state index < -0.39 is 6.03 Å². The second kappa shape index (κ2) is 7.45. The monoisotopic (exact) mass is 412 g/mol. The van der Waals surface area contributed by atoms with Crippen LogP contribution in [0.25, 0.3) is 33.1 Å². The molecule has 31 heavy (non-hydrogen) atoms. The molecule has 3 heterocycles. The van der Waals surface area contributed by atoms with Gasteiger partial charge in [-0.25, -0.2) is 9.78 Å². The number of aromatic amines is 1. The predicted molar refractivity (Wildman–Crippen MR) is 120 cm³/mol. The summed E-state index contributed by atoms with van der Waals surface area (Å²) in [5.41, 5.74) is 15.8. The maximum absolute atomic E-state index is 11.9. The number of nitrogens with one attached hydrogen (secondary N) is 1. The molecule has 0 atom stereocenters. The third-order valence-corrected chi connectivity index (χ3v) is 5.23. The Bertz CT molecular complexity index is 1380. The Morgan fingerprint density at radius 1 is 1.10 bits per heavy atom. The minimum atomic E-state index is -0.513. The number of hydrogen-bond donors (Lipinski definition) is 3. The standard InChI is InChI=1S/C22H20N8O/c23-21-20-17(16-7-6-14(12-19(16)26-21)18-8-9-25-27-18)13-29(28-20)10-11-30(22(24)31)15-4-2-1-3-5-15/h1-9,12-13H,10-11H2,(H2,23,26)(H2,24,31)(H,25,27). The van der Waals surface area contributed by atoms with Gasteiger partial charge in [0, 0.05) is 41.0 Å². The molecular formula is C22H20N8O. The summed E-state index contributed by atoms with van der Waals surface area (Å²) in [5.74, 6) is 0.359. The summed E-state index contributed by atoms with van der Waals surface area (Å²) in [7, 11) is 0. The van der Waals surface area contributed by atoms with Crippen LogP contribution in [-0.2, 0) is 6.54 Å². The Morgan fingerprint density at radius 3 is 2.68 bits per heavy atom. The molecule has 0 aliphatic carbocycles. The quantitative estimate of drug-likeness (QED) is 0.408. The number of carbonyl (C=O) groups excluding carboxylic acids is 1. The molecule has 0 aliphatic heterocycles. The first kappa shape index (κ1) is 18.6. The predicted octanol–water partition coefficient (Wildman–Crippen LogP) is 3.14. The molecule has 154 valence electrons. The number of nitrogen functional groups attached to an aromatic ring is 1. The van der Waals surface area contributed by atoms with Gasteiger partial charge < -0.3 is 11.5 Å². The second-order valence-corrected chi connectivity index (χ2v) is 7.18. The van der Waals surface area contributed by atoms with Crippen LogP contribution >= 0.6 is 0 Å². The van der Waals surface area contributed by atoms with Gasteiger partial charge in [-0.1, -0.05) is 30.3 Å². The van der Waals surface area contributed by atoms with Crippen molar-refractivity contribution in [3.8, 4) is 11.3 Å². The van der Waals surface area contributed by atoms with Gasteiger partial charge in [0.1, 0.15) is 5.52 Å². The van der Waals surface area contributed by atoms with Gasteiger partial charge in [0.05, 0.1) is 17.8 Å². The zero-order valence-corrected chi connectivity index (χ0v) is 16.6. The Kier molecular flexibility index (Phi) is 4.47. The normalized spacial score (nSPS) is 11.2. The highest BCUT2D eigenvalue weighted by Gasteiger charge is 2.15. The summed E-state index contributed by atoms with van der Waals surface area (Å²) in [6.45, 7) is 0.836. The van der Waals surface area contributed by atoms with E-state index in [1.54, 1.807) is 10.9 Å². The van der Waals surface area contributed by atoms with Crippen LogP contribution < -0.4 is 16.4 Å². The zero-order chi connectivity index (χ0) is 21.4. The smallest absolute Gasteiger partial charge is 0.319 e. The first-order valence-electron chi connectivity index (χ1n) is 9.78. The molecule has 5 rings (SSSR count). The molecule has 0 spiro atoms. The summed E-state index contributed by atoms with van der Waals surface area (Å²) in [6.07, 6.45) is 3.63. The third kappa shape index (κ3) is 3.42. The largest absolute Gasteiger partial charge is 0.382 e. The highest BCUT2D eigenvalue weighted by molar-refractivity contribution is 6.08. The summed E-state index contributed by atoms with van der Waals surface area (Å²) < 4.78 is 1.77. The average molecular weight is 412 g/mol. The number of anilines is 2. The number of rotatable bonds is 5. The number of benzene rings is 2. The van der Waals surface area contributed by atoms with Crippen molar-refractivity contribution in [1.82, 2.24) is 25.0 Å². The Balaban J connectivity index is 1.48. The number of hydrogen-bond acceptors (Lipinski definition) is 5. The van der Waals surface area contributed by atoms with Crippen LogP contribution in [0.2, 0.25) is 0 Å². The van der Waals surface area contributed by atoms with Gasteiger partial charge in [-0.15, -0.1) is 0 Å². The average Bonchev–Trinajstić information content (AvgIpc) is 3.45. The molecule has 0 aliphatic rings. The van der Waals surface area contributed by atoms with Gasteiger partial charge in [-0.3, -0.25) is 14.7 Å². The van der Waals surface area contributed by atoms with E-state index in [0.717, 1.165) is 33.2 Å². The molecule has 0 fully saturated rings. The van der Waals surface area contributed by atoms with Gasteiger partial charge in [-0.05, 0) is 24.3 Å². The fraction of sp³-hybridized carbons (Fsp3) is 0.0909. The molecule has 3 aromatic heterocycles. The van der Waals surface area contributed by atoms with Crippen LogP contribution in [0.1, 0.15) is 0 Å². The van der Waals surface area contributed by atoms with E-state index in [-0.39, 0.29) is 0 Å². The lowest BCUT2D eigenvalue weighted by atomic mass is 10.1. The van der Waals surface area contributed by atoms with Crippen molar-refractivity contribution in [3.63, 3.8) is 0 Å². The van der Waals surface area contributed by atoms with E-state index in [4.69, 9.17) is 11.5 Å². The highest BCUT2D eigenvalue weighted by atomic mass is 16.2. The number of pyridine rings is 1. The molecule has 2 aromatic carbocycles.